The van der Waals surface area contributed by atoms with E-state index in [0.29, 0.717) is 11.8 Å². The third kappa shape index (κ3) is 2.29. The number of nitrogens with one attached hydrogen (secondary N) is 1. The number of benzene rings is 1. The maximum Gasteiger partial charge on any atom is 0.229 e. The lowest BCUT2D eigenvalue weighted by Crippen LogP contribution is -2.42. The molecule has 4 heteroatoms. The van der Waals surface area contributed by atoms with Crippen LogP contribution in [-0.2, 0) is 4.79 Å². The molecule has 0 heterocycles. The lowest BCUT2D eigenvalue weighted by Gasteiger charge is -2.27. The van der Waals surface area contributed by atoms with Gasteiger partial charge in [0.1, 0.15) is 0 Å². The van der Waals surface area contributed by atoms with E-state index in [1.165, 1.54) is 6.42 Å². The SMILES string of the molecule is CN(C)c1cccc(NC(=O)C2C3CCC(C3)C2N)c1. The second kappa shape index (κ2) is 5.09. The quantitative estimate of drug-likeness (QED) is 0.886. The largest absolute Gasteiger partial charge is 0.378 e. The van der Waals surface area contributed by atoms with E-state index in [1.807, 2.05) is 43.3 Å². The highest BCUT2D eigenvalue weighted by molar-refractivity contribution is 5.94. The Kier molecular flexibility index (Phi) is 3.42. The highest BCUT2D eigenvalue weighted by atomic mass is 16.2. The molecule has 2 fully saturated rings. The van der Waals surface area contributed by atoms with Gasteiger partial charge in [-0.25, -0.2) is 0 Å². The monoisotopic (exact) mass is 273 g/mol. The van der Waals surface area contributed by atoms with Gasteiger partial charge >= 0.3 is 0 Å². The van der Waals surface area contributed by atoms with Crippen molar-refractivity contribution < 1.29 is 4.79 Å². The minimum atomic E-state index is -0.00300. The maximum atomic E-state index is 12.5. The molecule has 2 bridgehead atoms. The van der Waals surface area contributed by atoms with Gasteiger partial charge in [-0.15, -0.1) is 0 Å². The zero-order valence-corrected chi connectivity index (χ0v) is 12.2. The number of anilines is 2. The van der Waals surface area contributed by atoms with Crippen LogP contribution in [-0.4, -0.2) is 26.0 Å². The predicted molar refractivity (Wildman–Crippen MR) is 81.7 cm³/mol. The summed E-state index contributed by atoms with van der Waals surface area (Å²) in [4.78, 5) is 14.5. The summed E-state index contributed by atoms with van der Waals surface area (Å²) in [6.45, 7) is 0. The highest BCUT2D eigenvalue weighted by Crippen LogP contribution is 2.47. The van der Waals surface area contributed by atoms with Crippen LogP contribution in [0.2, 0.25) is 0 Å². The number of nitrogens with zero attached hydrogens (tertiary/aromatic N) is 1. The number of fused-ring (bicyclic) bond motifs is 2. The van der Waals surface area contributed by atoms with E-state index in [1.54, 1.807) is 0 Å². The smallest absolute Gasteiger partial charge is 0.229 e. The molecular weight excluding hydrogens is 250 g/mol. The van der Waals surface area contributed by atoms with Crippen LogP contribution in [0.4, 0.5) is 11.4 Å². The van der Waals surface area contributed by atoms with Gasteiger partial charge in [0.15, 0.2) is 0 Å². The Morgan fingerprint density at radius 1 is 1.30 bits per heavy atom. The molecule has 3 rings (SSSR count). The van der Waals surface area contributed by atoms with Crippen molar-refractivity contribution >= 4 is 17.3 Å². The molecule has 1 amide bonds. The first kappa shape index (κ1) is 13.4. The van der Waals surface area contributed by atoms with Crippen LogP contribution in [0.5, 0.6) is 0 Å². The van der Waals surface area contributed by atoms with Crippen LogP contribution >= 0.6 is 0 Å². The summed E-state index contributed by atoms with van der Waals surface area (Å²) in [5, 5.41) is 3.05. The van der Waals surface area contributed by atoms with Crippen LogP contribution in [0.25, 0.3) is 0 Å². The van der Waals surface area contributed by atoms with Gasteiger partial charge in [-0.3, -0.25) is 4.79 Å². The molecule has 0 aliphatic heterocycles. The number of rotatable bonds is 3. The van der Waals surface area contributed by atoms with Crippen molar-refractivity contribution in [1.82, 2.24) is 0 Å². The van der Waals surface area contributed by atoms with Crippen molar-refractivity contribution in [2.75, 3.05) is 24.3 Å². The van der Waals surface area contributed by atoms with Crippen molar-refractivity contribution in [3.8, 4) is 0 Å². The maximum absolute atomic E-state index is 12.5. The molecule has 108 valence electrons. The molecule has 0 saturated heterocycles. The van der Waals surface area contributed by atoms with E-state index in [9.17, 15) is 4.79 Å². The Morgan fingerprint density at radius 3 is 2.70 bits per heavy atom. The lowest BCUT2D eigenvalue weighted by atomic mass is 9.84. The van der Waals surface area contributed by atoms with E-state index < -0.39 is 0 Å². The molecule has 20 heavy (non-hydrogen) atoms. The Balaban J connectivity index is 1.72. The molecule has 1 aromatic carbocycles. The average Bonchev–Trinajstić information content (AvgIpc) is 2.99. The van der Waals surface area contributed by atoms with Crippen molar-refractivity contribution in [3.05, 3.63) is 24.3 Å². The first-order valence-corrected chi connectivity index (χ1v) is 7.40. The van der Waals surface area contributed by atoms with Crippen LogP contribution in [0.3, 0.4) is 0 Å². The minimum absolute atomic E-state index is 0.00300. The lowest BCUT2D eigenvalue weighted by molar-refractivity contribution is -0.121. The van der Waals surface area contributed by atoms with Crippen molar-refractivity contribution in [2.24, 2.45) is 23.5 Å². The molecule has 2 saturated carbocycles. The van der Waals surface area contributed by atoms with Gasteiger partial charge in [-0.1, -0.05) is 6.07 Å². The van der Waals surface area contributed by atoms with Gasteiger partial charge < -0.3 is 16.0 Å². The molecule has 0 aromatic heterocycles. The number of carbonyl (C=O) groups excluding carboxylic acids is 1. The molecule has 4 unspecified atom stereocenters. The topological polar surface area (TPSA) is 58.4 Å². The highest BCUT2D eigenvalue weighted by Gasteiger charge is 2.49. The molecule has 4 atom stereocenters. The van der Waals surface area contributed by atoms with E-state index in [-0.39, 0.29) is 17.9 Å². The van der Waals surface area contributed by atoms with Crippen LogP contribution in [0.15, 0.2) is 24.3 Å². The minimum Gasteiger partial charge on any atom is -0.378 e. The fourth-order valence-corrected chi connectivity index (χ4v) is 3.81. The second-order valence-corrected chi connectivity index (χ2v) is 6.37. The molecular formula is C16H23N3O. The molecule has 2 aliphatic carbocycles. The average molecular weight is 273 g/mol. The summed E-state index contributed by atoms with van der Waals surface area (Å²) >= 11 is 0. The Morgan fingerprint density at radius 2 is 2.05 bits per heavy atom. The van der Waals surface area contributed by atoms with Gasteiger partial charge in [0, 0.05) is 31.5 Å². The van der Waals surface area contributed by atoms with Gasteiger partial charge in [-0.2, -0.15) is 0 Å². The normalized spacial score (nSPS) is 31.4. The Hall–Kier alpha value is -1.55. The number of hydrogen-bond donors (Lipinski definition) is 2. The van der Waals surface area contributed by atoms with Crippen LogP contribution in [0.1, 0.15) is 19.3 Å². The van der Waals surface area contributed by atoms with Gasteiger partial charge in [0.2, 0.25) is 5.91 Å². The molecule has 0 spiro atoms. The molecule has 4 nitrogen and oxygen atoms in total. The van der Waals surface area contributed by atoms with Gasteiger partial charge in [0.25, 0.3) is 0 Å². The van der Waals surface area contributed by atoms with Crippen LogP contribution in [0, 0.1) is 17.8 Å². The standard InChI is InChI=1S/C16H23N3O/c1-19(2)13-5-3-4-12(9-13)18-16(20)14-10-6-7-11(8-10)15(14)17/h3-5,9-11,14-15H,6-8,17H2,1-2H3,(H,18,20). The summed E-state index contributed by atoms with van der Waals surface area (Å²) in [6, 6.07) is 7.97. The third-order valence-corrected chi connectivity index (χ3v) is 4.91. The van der Waals surface area contributed by atoms with E-state index >= 15 is 0 Å². The van der Waals surface area contributed by atoms with E-state index in [2.05, 4.69) is 5.32 Å². The summed E-state index contributed by atoms with van der Waals surface area (Å²) < 4.78 is 0. The first-order chi connectivity index (χ1) is 9.56. The van der Waals surface area contributed by atoms with Crippen molar-refractivity contribution in [3.63, 3.8) is 0 Å². The summed E-state index contributed by atoms with van der Waals surface area (Å²) in [7, 11) is 3.99. The number of carbonyl (C=O) groups is 1. The number of hydrogen-bond acceptors (Lipinski definition) is 3. The molecule has 3 N–H and O–H groups in total. The summed E-state index contributed by atoms with van der Waals surface area (Å²) in [6.07, 6.45) is 3.50. The van der Waals surface area contributed by atoms with Gasteiger partial charge in [-0.05, 0) is 49.3 Å². The summed E-state index contributed by atoms with van der Waals surface area (Å²) in [5.74, 6) is 1.15. The van der Waals surface area contributed by atoms with Gasteiger partial charge in [0.05, 0.1) is 5.92 Å². The number of nitrogens with two attached hydrogens (primary N) is 1. The Bertz CT molecular complexity index is 512. The summed E-state index contributed by atoms with van der Waals surface area (Å²) in [5.41, 5.74) is 8.17. The second-order valence-electron chi connectivity index (χ2n) is 6.37. The fraction of sp³-hybridized carbons (Fsp3) is 0.562. The molecule has 0 radical (unpaired) electrons. The zero-order valence-electron chi connectivity index (χ0n) is 12.2. The predicted octanol–water partition coefficient (Wildman–Crippen LogP) is 2.06. The number of amides is 1. The van der Waals surface area contributed by atoms with Crippen molar-refractivity contribution in [1.29, 1.82) is 0 Å². The molecule has 2 aliphatic rings. The molecule has 1 aromatic rings. The Labute approximate surface area is 120 Å². The van der Waals surface area contributed by atoms with Crippen molar-refractivity contribution in [2.45, 2.75) is 25.3 Å². The fourth-order valence-electron chi connectivity index (χ4n) is 3.81. The van der Waals surface area contributed by atoms with E-state index in [0.717, 1.165) is 24.2 Å². The van der Waals surface area contributed by atoms with Crippen LogP contribution < -0.4 is 16.0 Å². The van der Waals surface area contributed by atoms with E-state index in [4.69, 9.17) is 5.73 Å². The first-order valence-electron chi connectivity index (χ1n) is 7.40. The third-order valence-electron chi connectivity index (χ3n) is 4.91. The zero-order chi connectivity index (χ0) is 14.3.